The summed E-state index contributed by atoms with van der Waals surface area (Å²) in [5.41, 5.74) is 8.73. The van der Waals surface area contributed by atoms with Crippen LogP contribution < -0.4 is 11.1 Å². The lowest BCUT2D eigenvalue weighted by Gasteiger charge is -2.28. The van der Waals surface area contributed by atoms with Crippen LogP contribution in [0, 0.1) is 11.8 Å². The highest BCUT2D eigenvalue weighted by molar-refractivity contribution is 7.20. The second-order valence-electron chi connectivity index (χ2n) is 7.30. The summed E-state index contributed by atoms with van der Waals surface area (Å²) in [6, 6.07) is 5.87. The molecule has 3 aromatic rings. The van der Waals surface area contributed by atoms with Crippen molar-refractivity contribution >= 4 is 56.1 Å². The largest absolute Gasteiger partial charge is 0.490 e. The summed E-state index contributed by atoms with van der Waals surface area (Å²) >= 11 is 9.60. The van der Waals surface area contributed by atoms with Crippen molar-refractivity contribution in [1.29, 1.82) is 0 Å². The van der Waals surface area contributed by atoms with Crippen LogP contribution in [-0.4, -0.2) is 46.6 Å². The first-order valence-corrected chi connectivity index (χ1v) is 12.4. The van der Waals surface area contributed by atoms with Crippen molar-refractivity contribution in [3.05, 3.63) is 44.1 Å². The number of carbonyl (C=O) groups is 1. The number of ether oxygens (including phenoxy) is 1. The minimum absolute atomic E-state index is 0.0884. The van der Waals surface area contributed by atoms with E-state index in [9.17, 15) is 18.3 Å². The molecule has 0 amide bonds. The third kappa shape index (κ3) is 7.07. The maximum Gasteiger partial charge on any atom is 0.490 e. The zero-order chi connectivity index (χ0) is 25.6. The van der Waals surface area contributed by atoms with Crippen molar-refractivity contribution in [1.82, 2.24) is 4.98 Å². The molecule has 1 saturated heterocycles. The van der Waals surface area contributed by atoms with E-state index in [0.717, 1.165) is 39.2 Å². The van der Waals surface area contributed by atoms with Crippen LogP contribution in [0.5, 0.6) is 0 Å². The number of aromatic nitrogens is 1. The number of aliphatic carboxylic acids is 1. The van der Waals surface area contributed by atoms with Gasteiger partial charge in [0.05, 0.1) is 20.8 Å². The maximum absolute atomic E-state index is 10.6. The Bertz CT molecular complexity index is 1220. The Morgan fingerprint density at radius 3 is 2.77 bits per heavy atom. The summed E-state index contributed by atoms with van der Waals surface area (Å²) in [6.45, 7) is 1.16. The second-order valence-corrected chi connectivity index (χ2v) is 9.78. The van der Waals surface area contributed by atoms with E-state index in [0.29, 0.717) is 18.3 Å². The number of rotatable bonds is 4. The van der Waals surface area contributed by atoms with Crippen LogP contribution in [0.1, 0.15) is 34.3 Å². The lowest BCUT2D eigenvalue weighted by Crippen LogP contribution is -2.34. The number of nitrogens with two attached hydrogens (primary N) is 1. The van der Waals surface area contributed by atoms with Crippen LogP contribution in [-0.2, 0) is 16.1 Å². The van der Waals surface area contributed by atoms with Crippen molar-refractivity contribution in [2.45, 2.75) is 37.7 Å². The topological polar surface area (TPSA) is 118 Å². The Labute approximate surface area is 211 Å². The monoisotopic (exact) mass is 547 g/mol. The third-order valence-electron chi connectivity index (χ3n) is 4.83. The van der Waals surface area contributed by atoms with Gasteiger partial charge in [0.15, 0.2) is 0 Å². The normalized spacial score (nSPS) is 17.8. The first-order chi connectivity index (χ1) is 16.6. The van der Waals surface area contributed by atoms with Crippen molar-refractivity contribution in [2.24, 2.45) is 5.73 Å². The van der Waals surface area contributed by atoms with Crippen LogP contribution in [0.2, 0.25) is 5.15 Å². The Kier molecular flexibility index (Phi) is 9.34. The van der Waals surface area contributed by atoms with Gasteiger partial charge in [-0.15, -0.1) is 22.7 Å². The number of halogens is 4. The SMILES string of the molecule is N[C@H]1CCCO[C@@H]1c1sc2c(NCc3cccs3)cc(Cl)nc2c1C#CCO.O=C(O)C(F)(F)F. The summed E-state index contributed by atoms with van der Waals surface area (Å²) in [5, 5.41) is 22.2. The minimum Gasteiger partial charge on any atom is -0.475 e. The molecule has 2 atom stereocenters. The zero-order valence-corrected chi connectivity index (χ0v) is 20.5. The summed E-state index contributed by atoms with van der Waals surface area (Å²) < 4.78 is 38.7. The van der Waals surface area contributed by atoms with Crippen LogP contribution in [0.25, 0.3) is 10.2 Å². The van der Waals surface area contributed by atoms with Crippen LogP contribution >= 0.6 is 34.3 Å². The van der Waals surface area contributed by atoms with E-state index >= 15 is 0 Å². The number of thiophene rings is 2. The quantitative estimate of drug-likeness (QED) is 0.274. The van der Waals surface area contributed by atoms with Gasteiger partial charge in [0.2, 0.25) is 0 Å². The van der Waals surface area contributed by atoms with Gasteiger partial charge in [-0.3, -0.25) is 0 Å². The number of anilines is 1. The highest BCUT2D eigenvalue weighted by Crippen LogP contribution is 2.42. The number of carboxylic acid groups (broad SMARTS) is 1. The predicted molar refractivity (Wildman–Crippen MR) is 130 cm³/mol. The molecule has 0 saturated carbocycles. The molecule has 0 unspecified atom stereocenters. The summed E-state index contributed by atoms with van der Waals surface area (Å²) in [4.78, 5) is 15.6. The number of hydrogen-bond donors (Lipinski definition) is 4. The zero-order valence-electron chi connectivity index (χ0n) is 18.1. The van der Waals surface area contributed by atoms with E-state index in [1.807, 2.05) is 12.1 Å². The number of nitrogens with zero attached hydrogens (tertiary/aromatic N) is 1. The Hall–Kier alpha value is -2.40. The molecule has 4 rings (SSSR count). The number of alkyl halides is 3. The number of carboxylic acids is 1. The van der Waals surface area contributed by atoms with Crippen molar-refractivity contribution in [3.8, 4) is 11.8 Å². The fraction of sp³-hybridized carbons (Fsp3) is 0.364. The van der Waals surface area contributed by atoms with E-state index in [1.165, 1.54) is 4.88 Å². The van der Waals surface area contributed by atoms with E-state index in [-0.39, 0.29) is 18.8 Å². The molecule has 1 aliphatic heterocycles. The lowest BCUT2D eigenvalue weighted by molar-refractivity contribution is -0.192. The molecule has 0 aliphatic carbocycles. The predicted octanol–water partition coefficient (Wildman–Crippen LogP) is 4.78. The first kappa shape index (κ1) is 27.2. The number of nitrogens with one attached hydrogen (secondary N) is 1. The maximum atomic E-state index is 10.6. The summed E-state index contributed by atoms with van der Waals surface area (Å²) in [5.74, 6) is 3.04. The van der Waals surface area contributed by atoms with E-state index in [1.54, 1.807) is 22.7 Å². The molecule has 0 spiro atoms. The number of hydrogen-bond acceptors (Lipinski definition) is 8. The average molecular weight is 548 g/mol. The molecule has 188 valence electrons. The number of aliphatic hydroxyl groups is 1. The molecule has 5 N–H and O–H groups in total. The van der Waals surface area contributed by atoms with Gasteiger partial charge in [0, 0.05) is 30.1 Å². The van der Waals surface area contributed by atoms with E-state index < -0.39 is 12.1 Å². The van der Waals surface area contributed by atoms with Crippen LogP contribution in [0.4, 0.5) is 18.9 Å². The van der Waals surface area contributed by atoms with Gasteiger partial charge in [-0.05, 0) is 24.3 Å². The number of aliphatic hydroxyl groups excluding tert-OH is 1. The Morgan fingerprint density at radius 1 is 1.43 bits per heavy atom. The van der Waals surface area contributed by atoms with Gasteiger partial charge in [-0.2, -0.15) is 13.2 Å². The standard InChI is InChI=1S/C20H20ClN3O2S2.C2HF3O2/c21-16-10-15(23-11-12-4-3-9-27-12)20-17(24-16)13(5-1-7-25)19(28-20)18-14(22)6-2-8-26-18;3-2(4,5)1(6)7/h3-4,9-10,14,18,25H,2,6-8,11,22H2,(H,23,24);(H,6,7)/t14-,18-;/m0./s1. The van der Waals surface area contributed by atoms with Crippen LogP contribution in [0.3, 0.4) is 0 Å². The molecule has 0 aromatic carbocycles. The summed E-state index contributed by atoms with van der Waals surface area (Å²) in [7, 11) is 0. The molecule has 35 heavy (non-hydrogen) atoms. The Morgan fingerprint density at radius 2 is 2.17 bits per heavy atom. The third-order valence-corrected chi connectivity index (χ3v) is 7.18. The van der Waals surface area contributed by atoms with Gasteiger partial charge >= 0.3 is 12.1 Å². The number of pyridine rings is 1. The lowest BCUT2D eigenvalue weighted by atomic mass is 9.99. The molecule has 4 heterocycles. The first-order valence-electron chi connectivity index (χ1n) is 10.3. The molecule has 7 nitrogen and oxygen atoms in total. The molecular weight excluding hydrogens is 527 g/mol. The highest BCUT2D eigenvalue weighted by atomic mass is 35.5. The summed E-state index contributed by atoms with van der Waals surface area (Å²) in [6.07, 6.45) is -3.44. The molecule has 13 heteroatoms. The van der Waals surface area contributed by atoms with Crippen molar-refractivity contribution < 1.29 is 32.9 Å². The fourth-order valence-corrected chi connectivity index (χ4v) is 5.46. The molecular formula is C22H21ClF3N3O4S2. The molecule has 3 aromatic heterocycles. The van der Waals surface area contributed by atoms with Gasteiger partial charge in [-0.1, -0.05) is 29.5 Å². The fourth-order valence-electron chi connectivity index (χ4n) is 3.30. The van der Waals surface area contributed by atoms with Crippen molar-refractivity contribution in [3.63, 3.8) is 0 Å². The van der Waals surface area contributed by atoms with Gasteiger partial charge in [0.1, 0.15) is 23.4 Å². The highest BCUT2D eigenvalue weighted by Gasteiger charge is 2.38. The van der Waals surface area contributed by atoms with Crippen molar-refractivity contribution in [2.75, 3.05) is 18.5 Å². The van der Waals surface area contributed by atoms with E-state index in [4.69, 9.17) is 32.0 Å². The van der Waals surface area contributed by atoms with Crippen LogP contribution in [0.15, 0.2) is 23.6 Å². The second kappa shape index (κ2) is 12.0. The average Bonchev–Trinajstić information content (AvgIpc) is 3.44. The van der Waals surface area contributed by atoms with Gasteiger partial charge < -0.3 is 26.0 Å². The molecule has 1 aliphatic rings. The van der Waals surface area contributed by atoms with Gasteiger partial charge in [-0.25, -0.2) is 9.78 Å². The molecule has 0 bridgehead atoms. The number of fused-ring (bicyclic) bond motifs is 1. The minimum atomic E-state index is -5.08. The molecule has 0 radical (unpaired) electrons. The van der Waals surface area contributed by atoms with Gasteiger partial charge in [0.25, 0.3) is 0 Å². The smallest absolute Gasteiger partial charge is 0.475 e. The Balaban J connectivity index is 0.000000429. The van der Waals surface area contributed by atoms with E-state index in [2.05, 4.69) is 33.6 Å². The molecule has 1 fully saturated rings.